The van der Waals surface area contributed by atoms with Crippen molar-refractivity contribution in [1.29, 1.82) is 0 Å². The quantitative estimate of drug-likeness (QED) is 0.646. The van der Waals surface area contributed by atoms with E-state index in [9.17, 15) is 4.79 Å². The topological polar surface area (TPSA) is 59.4 Å². The molecule has 3 aromatic rings. The summed E-state index contributed by atoms with van der Waals surface area (Å²) >= 11 is 0. The number of carbonyl (C=O) groups is 1. The summed E-state index contributed by atoms with van der Waals surface area (Å²) in [4.78, 5) is 15.1. The van der Waals surface area contributed by atoms with Crippen molar-refractivity contribution in [2.24, 2.45) is 0 Å². The zero-order valence-corrected chi connectivity index (χ0v) is 18.3. The molecule has 2 aliphatic rings. The van der Waals surface area contributed by atoms with Crippen LogP contribution in [0.5, 0.6) is 0 Å². The van der Waals surface area contributed by atoms with Crippen LogP contribution in [-0.2, 0) is 11.3 Å². The summed E-state index contributed by atoms with van der Waals surface area (Å²) in [6.45, 7) is 3.71. The van der Waals surface area contributed by atoms with E-state index in [-0.39, 0.29) is 17.6 Å². The molecular weight excluding hydrogens is 400 g/mol. The van der Waals surface area contributed by atoms with Gasteiger partial charge in [-0.25, -0.2) is 4.68 Å². The molecule has 2 fully saturated rings. The van der Waals surface area contributed by atoms with Crippen LogP contribution in [0.3, 0.4) is 0 Å². The Kier molecular flexibility index (Phi) is 6.06. The maximum Gasteiger partial charge on any atom is 0.251 e. The fourth-order valence-electron chi connectivity index (χ4n) is 4.86. The molecule has 32 heavy (non-hydrogen) atoms. The predicted octanol–water partition coefficient (Wildman–Crippen LogP) is 3.82. The maximum atomic E-state index is 12.6. The zero-order valence-electron chi connectivity index (χ0n) is 18.3. The molecule has 0 bridgehead atoms. The summed E-state index contributed by atoms with van der Waals surface area (Å²) in [5.41, 5.74) is 2.96. The molecule has 1 unspecified atom stereocenters. The van der Waals surface area contributed by atoms with E-state index in [1.54, 1.807) is 10.9 Å². The number of amides is 1. The number of likely N-dealkylation sites (tertiary alicyclic amines) is 1. The molecule has 6 nitrogen and oxygen atoms in total. The summed E-state index contributed by atoms with van der Waals surface area (Å²) in [6.07, 6.45) is 7.96. The molecule has 1 atom stereocenters. The number of benzene rings is 2. The molecule has 5 rings (SSSR count). The third-order valence-corrected chi connectivity index (χ3v) is 6.74. The van der Waals surface area contributed by atoms with E-state index in [4.69, 9.17) is 4.74 Å². The predicted molar refractivity (Wildman–Crippen MR) is 124 cm³/mol. The van der Waals surface area contributed by atoms with Gasteiger partial charge in [-0.2, -0.15) is 5.10 Å². The van der Waals surface area contributed by atoms with Gasteiger partial charge in [-0.3, -0.25) is 9.69 Å². The zero-order chi connectivity index (χ0) is 21.8. The highest BCUT2D eigenvalue weighted by Crippen LogP contribution is 2.39. The minimum atomic E-state index is -0.0563. The summed E-state index contributed by atoms with van der Waals surface area (Å²) in [6, 6.07) is 20.0. The van der Waals surface area contributed by atoms with Crippen LogP contribution in [-0.4, -0.2) is 51.9 Å². The fourth-order valence-corrected chi connectivity index (χ4v) is 4.86. The molecule has 0 saturated carbocycles. The van der Waals surface area contributed by atoms with Gasteiger partial charge in [-0.15, -0.1) is 0 Å². The molecule has 1 amide bonds. The van der Waals surface area contributed by atoms with E-state index in [1.807, 2.05) is 36.5 Å². The van der Waals surface area contributed by atoms with Crippen LogP contribution >= 0.6 is 0 Å². The lowest BCUT2D eigenvalue weighted by Gasteiger charge is -2.39. The van der Waals surface area contributed by atoms with Crippen LogP contribution < -0.4 is 5.32 Å². The van der Waals surface area contributed by atoms with Crippen LogP contribution in [0.25, 0.3) is 5.69 Å². The average Bonchev–Trinajstić information content (AvgIpc) is 3.51. The van der Waals surface area contributed by atoms with Crippen LogP contribution in [0.15, 0.2) is 73.1 Å². The first-order valence-corrected chi connectivity index (χ1v) is 11.5. The minimum Gasteiger partial charge on any atom is -0.370 e. The summed E-state index contributed by atoms with van der Waals surface area (Å²) < 4.78 is 8.27. The highest BCUT2D eigenvalue weighted by molar-refractivity contribution is 5.94. The van der Waals surface area contributed by atoms with Crippen molar-refractivity contribution in [3.05, 3.63) is 84.2 Å². The van der Waals surface area contributed by atoms with Gasteiger partial charge in [0.15, 0.2) is 0 Å². The summed E-state index contributed by atoms with van der Waals surface area (Å²) in [5, 5.41) is 7.27. The Morgan fingerprint density at radius 1 is 1.03 bits per heavy atom. The molecule has 1 spiro atoms. The first-order valence-electron chi connectivity index (χ1n) is 11.5. The second-order valence-corrected chi connectivity index (χ2v) is 8.93. The van der Waals surface area contributed by atoms with E-state index in [2.05, 4.69) is 45.6 Å². The smallest absolute Gasteiger partial charge is 0.251 e. The molecule has 6 heteroatoms. The molecule has 2 aromatic carbocycles. The molecule has 1 aromatic heterocycles. The molecule has 0 aliphatic carbocycles. The number of nitrogens with one attached hydrogen (secondary N) is 1. The van der Waals surface area contributed by atoms with E-state index < -0.39 is 0 Å². The first kappa shape index (κ1) is 20.9. The number of piperidine rings is 1. The second-order valence-electron chi connectivity index (χ2n) is 8.93. The van der Waals surface area contributed by atoms with Crippen LogP contribution in [0.4, 0.5) is 0 Å². The first-order chi connectivity index (χ1) is 15.7. The van der Waals surface area contributed by atoms with E-state index >= 15 is 0 Å². The van der Waals surface area contributed by atoms with E-state index in [0.29, 0.717) is 12.1 Å². The van der Waals surface area contributed by atoms with Crippen molar-refractivity contribution in [3.8, 4) is 5.69 Å². The number of carbonyl (C=O) groups excluding carboxylic acids is 1. The van der Waals surface area contributed by atoms with Gasteiger partial charge in [0, 0.05) is 44.1 Å². The third-order valence-electron chi connectivity index (χ3n) is 6.74. The molecule has 0 radical (unpaired) electrons. The summed E-state index contributed by atoms with van der Waals surface area (Å²) in [5.74, 6) is -0.0563. The lowest BCUT2D eigenvalue weighted by Crippen LogP contribution is -2.44. The standard InChI is InChI=1S/C26H30N4O2/c31-25(22-7-9-23(10-8-22)30-16-4-15-28-30)27-19-24-11-12-26(32-24)13-17-29(18-14-26)20-21-5-2-1-3-6-21/h1-10,15-16,24H,11-14,17-20H2,(H,27,31). The van der Waals surface area contributed by atoms with Gasteiger partial charge in [0.05, 0.1) is 17.4 Å². The Bertz CT molecular complexity index is 1010. The minimum absolute atomic E-state index is 0.00596. The Labute approximate surface area is 189 Å². The second kappa shape index (κ2) is 9.27. The van der Waals surface area contributed by atoms with Crippen molar-refractivity contribution >= 4 is 5.91 Å². The number of rotatable bonds is 6. The number of nitrogens with zero attached hydrogens (tertiary/aromatic N) is 3. The Hall–Kier alpha value is -2.96. The Balaban J connectivity index is 1.08. The van der Waals surface area contributed by atoms with Crippen molar-refractivity contribution < 1.29 is 9.53 Å². The fraction of sp³-hybridized carbons (Fsp3) is 0.385. The number of ether oxygens (including phenoxy) is 1. The van der Waals surface area contributed by atoms with Crippen molar-refractivity contribution in [3.63, 3.8) is 0 Å². The number of aromatic nitrogens is 2. The normalized spacial score (nSPS) is 20.4. The Morgan fingerprint density at radius 3 is 2.53 bits per heavy atom. The van der Waals surface area contributed by atoms with Crippen molar-refractivity contribution in [1.82, 2.24) is 20.0 Å². The van der Waals surface area contributed by atoms with E-state index in [1.165, 1.54) is 5.56 Å². The Morgan fingerprint density at radius 2 is 1.81 bits per heavy atom. The molecule has 3 heterocycles. The van der Waals surface area contributed by atoms with Gasteiger partial charge >= 0.3 is 0 Å². The van der Waals surface area contributed by atoms with E-state index in [0.717, 1.165) is 51.0 Å². The number of hydrogen-bond acceptors (Lipinski definition) is 4. The highest BCUT2D eigenvalue weighted by Gasteiger charge is 2.42. The largest absolute Gasteiger partial charge is 0.370 e. The highest BCUT2D eigenvalue weighted by atomic mass is 16.5. The lowest BCUT2D eigenvalue weighted by atomic mass is 9.88. The number of hydrogen-bond donors (Lipinski definition) is 1. The van der Waals surface area contributed by atoms with Gasteiger partial charge in [0.25, 0.3) is 5.91 Å². The van der Waals surface area contributed by atoms with Gasteiger partial charge in [-0.1, -0.05) is 30.3 Å². The van der Waals surface area contributed by atoms with Crippen LogP contribution in [0.1, 0.15) is 41.6 Å². The van der Waals surface area contributed by atoms with Gasteiger partial charge in [0.1, 0.15) is 0 Å². The van der Waals surface area contributed by atoms with Crippen molar-refractivity contribution in [2.45, 2.75) is 43.9 Å². The van der Waals surface area contributed by atoms with Gasteiger partial charge < -0.3 is 10.1 Å². The maximum absolute atomic E-state index is 12.6. The molecule has 1 N–H and O–H groups in total. The van der Waals surface area contributed by atoms with Crippen LogP contribution in [0.2, 0.25) is 0 Å². The monoisotopic (exact) mass is 430 g/mol. The summed E-state index contributed by atoms with van der Waals surface area (Å²) in [7, 11) is 0. The van der Waals surface area contributed by atoms with Crippen LogP contribution in [0, 0.1) is 0 Å². The average molecular weight is 431 g/mol. The SMILES string of the molecule is O=C(NCC1CCC2(CCN(Cc3ccccc3)CC2)O1)c1ccc(-n2cccn2)cc1. The molecule has 2 saturated heterocycles. The lowest BCUT2D eigenvalue weighted by molar-refractivity contribution is -0.0764. The molecule has 166 valence electrons. The van der Waals surface area contributed by atoms with Gasteiger partial charge in [0.2, 0.25) is 0 Å². The molecule has 2 aliphatic heterocycles. The third kappa shape index (κ3) is 4.76. The molecular formula is C26H30N4O2. The van der Waals surface area contributed by atoms with Crippen molar-refractivity contribution in [2.75, 3.05) is 19.6 Å². The van der Waals surface area contributed by atoms with Gasteiger partial charge in [-0.05, 0) is 61.6 Å².